The zero-order valence-corrected chi connectivity index (χ0v) is 28.5. The summed E-state index contributed by atoms with van der Waals surface area (Å²) in [5, 5.41) is 4.99. The van der Waals surface area contributed by atoms with E-state index in [0.29, 0.717) is 0 Å². The van der Waals surface area contributed by atoms with E-state index in [4.69, 9.17) is 29.3 Å². The van der Waals surface area contributed by atoms with Crippen molar-refractivity contribution in [2.45, 2.75) is 78.2 Å². The van der Waals surface area contributed by atoms with Crippen molar-refractivity contribution < 1.29 is 44.4 Å². The number of anilines is 2. The second-order valence-electron chi connectivity index (χ2n) is 12.2. The highest BCUT2D eigenvalue weighted by Crippen LogP contribution is 2.56. The number of ether oxygens (including phenoxy) is 3. The Bertz CT molecular complexity index is 2190. The summed E-state index contributed by atoms with van der Waals surface area (Å²) in [4.78, 5) is 25.8. The summed E-state index contributed by atoms with van der Waals surface area (Å²) >= 11 is 0. The smallest absolute Gasteiger partial charge is 0.412 e. The van der Waals surface area contributed by atoms with Crippen molar-refractivity contribution in [2.24, 2.45) is 0 Å². The largest absolute Gasteiger partial charge is 0.494 e. The van der Waals surface area contributed by atoms with Crippen LogP contribution in [-0.2, 0) is 9.47 Å². The predicted molar refractivity (Wildman–Crippen MR) is 200 cm³/mol. The molecule has 0 aliphatic heterocycles. The zero-order valence-electron chi connectivity index (χ0n) is 42.6. The zero-order chi connectivity index (χ0) is 48.0. The molecule has 48 heavy (non-hydrogen) atoms. The van der Waals surface area contributed by atoms with Crippen LogP contribution in [0.3, 0.4) is 0 Å². The second kappa shape index (κ2) is 16.7. The molecule has 0 spiro atoms. The third-order valence-electron chi connectivity index (χ3n) is 6.09. The SMILES string of the molecule is [2H]c1c([2H])c(OC([2H])([2H])C([2H])([2H])C([2H])([2H])C([2H])([2H])C([2H])([2H])C([2H])([2H])[P+](c2ccccc2)(c2ccccc2)c2ccccc2)c([2H])c(NC(=O)OC(C)(C)C)c1NC(=O)OC(C)(C)C. The number of nitrogens with one attached hydrogen (secondary N) is 2. The fourth-order valence-corrected chi connectivity index (χ4v) is 7.67. The number of amides is 2. The van der Waals surface area contributed by atoms with Crippen molar-refractivity contribution in [1.29, 1.82) is 0 Å². The van der Waals surface area contributed by atoms with Gasteiger partial charge in [-0.1, -0.05) is 54.6 Å². The van der Waals surface area contributed by atoms with Crippen LogP contribution in [0.15, 0.2) is 109 Å². The van der Waals surface area contributed by atoms with Gasteiger partial charge in [-0.15, -0.1) is 0 Å². The molecule has 0 bridgehead atoms. The van der Waals surface area contributed by atoms with Gasteiger partial charge in [0, 0.05) is 17.0 Å². The van der Waals surface area contributed by atoms with Crippen LogP contribution in [0.25, 0.3) is 0 Å². The molecule has 7 nitrogen and oxygen atoms in total. The number of carbonyl (C=O) groups excluding carboxylic acids is 2. The monoisotopic (exact) mass is 684 g/mol. The number of hydrogen-bond acceptors (Lipinski definition) is 5. The Morgan fingerprint density at radius 1 is 0.646 bits per heavy atom. The van der Waals surface area contributed by atoms with E-state index in [1.165, 1.54) is 77.9 Å². The molecule has 0 aliphatic carbocycles. The molecule has 0 saturated heterocycles. The molecule has 0 atom stereocenters. The van der Waals surface area contributed by atoms with Gasteiger partial charge in [0.25, 0.3) is 0 Å². The van der Waals surface area contributed by atoms with Crippen LogP contribution in [-0.4, -0.2) is 36.1 Å². The van der Waals surface area contributed by atoms with Crippen molar-refractivity contribution >= 4 is 46.7 Å². The highest BCUT2D eigenvalue weighted by atomic mass is 31.2. The van der Waals surface area contributed by atoms with Gasteiger partial charge in [-0.3, -0.25) is 10.6 Å². The molecule has 254 valence electrons. The molecule has 2 N–H and O–H groups in total. The van der Waals surface area contributed by atoms with E-state index in [9.17, 15) is 15.1 Å². The maximum atomic E-state index is 13.0. The predicted octanol–water partition coefficient (Wildman–Crippen LogP) is 9.31. The van der Waals surface area contributed by atoms with Crippen LogP contribution in [0, 0.1) is 0 Å². The van der Waals surface area contributed by atoms with Crippen LogP contribution >= 0.6 is 7.26 Å². The first kappa shape index (κ1) is 20.9. The summed E-state index contributed by atoms with van der Waals surface area (Å²) in [6, 6.07) is 20.3. The Morgan fingerprint density at radius 2 is 1.08 bits per heavy atom. The summed E-state index contributed by atoms with van der Waals surface area (Å²) < 4.78 is 152. The van der Waals surface area contributed by atoms with E-state index >= 15 is 0 Å². The van der Waals surface area contributed by atoms with Gasteiger partial charge >= 0.3 is 12.2 Å². The van der Waals surface area contributed by atoms with Gasteiger partial charge in [-0.2, -0.15) is 0 Å². The number of carbonyl (C=O) groups is 2. The maximum absolute atomic E-state index is 13.0. The molecule has 0 aliphatic rings. The fraction of sp³-hybridized carbons (Fsp3) is 0.350. The minimum absolute atomic E-state index is 0.229. The first-order valence-corrected chi connectivity index (χ1v) is 16.8. The number of hydrogen-bond donors (Lipinski definition) is 2. The molecule has 4 aromatic carbocycles. The minimum Gasteiger partial charge on any atom is -0.494 e. The van der Waals surface area contributed by atoms with Gasteiger partial charge in [0.2, 0.25) is 0 Å². The normalized spacial score (nSPS) is 18.2. The molecule has 0 heterocycles. The number of benzene rings is 4. The molecule has 4 rings (SSSR count). The van der Waals surface area contributed by atoms with Crippen LogP contribution in [0.4, 0.5) is 21.0 Å². The van der Waals surface area contributed by atoms with Gasteiger partial charge in [-0.25, -0.2) is 9.59 Å². The topological polar surface area (TPSA) is 85.9 Å². The average molecular weight is 685 g/mol. The molecule has 0 fully saturated rings. The van der Waals surface area contributed by atoms with Crippen LogP contribution in [0.1, 0.15) is 87.6 Å². The summed E-state index contributed by atoms with van der Waals surface area (Å²) in [5.74, 6) is -1.29. The van der Waals surface area contributed by atoms with Crippen LogP contribution in [0.5, 0.6) is 5.75 Å². The first-order valence-electron chi connectivity index (χ1n) is 22.5. The van der Waals surface area contributed by atoms with E-state index in [0.717, 1.165) is 0 Å². The Balaban J connectivity index is 1.92. The molecule has 0 radical (unpaired) electrons. The number of rotatable bonds is 13. The quantitative estimate of drug-likeness (QED) is 0.137. The van der Waals surface area contributed by atoms with E-state index in [-0.39, 0.29) is 15.9 Å². The van der Waals surface area contributed by atoms with Crippen molar-refractivity contribution in [3.05, 3.63) is 109 Å². The lowest BCUT2D eigenvalue weighted by molar-refractivity contribution is 0.0620. The summed E-state index contributed by atoms with van der Waals surface area (Å²) in [6.07, 6.45) is -22.9. The molecule has 0 unspecified atom stereocenters. The van der Waals surface area contributed by atoms with Gasteiger partial charge in [0.15, 0.2) is 0 Å². The summed E-state index contributed by atoms with van der Waals surface area (Å²) in [7, 11) is -4.12. The van der Waals surface area contributed by atoms with Crippen LogP contribution < -0.4 is 31.3 Å². The highest BCUT2D eigenvalue weighted by Gasteiger charge is 2.44. The fourth-order valence-electron chi connectivity index (χ4n) is 4.31. The summed E-state index contributed by atoms with van der Waals surface area (Å²) in [6.45, 7) is 4.86. The lowest BCUT2D eigenvalue weighted by atomic mass is 10.2. The van der Waals surface area contributed by atoms with E-state index in [1.807, 2.05) is 0 Å². The molecule has 0 saturated carbocycles. The van der Waals surface area contributed by atoms with Gasteiger partial charge in [0.1, 0.15) is 40.1 Å². The lowest BCUT2D eigenvalue weighted by Gasteiger charge is -2.27. The molecule has 8 heteroatoms. The molecule has 4 aromatic rings. The standard InChI is InChI=1S/C40H49N2O5P/c1-39(2,3)46-37(43)41-35-27-26-31(30-36(35)42-38(44)47-40(4,5)6)45-28-18-7-8-19-29-48(32-20-12-9-13-21-32,33-22-14-10-15-23-33)34-24-16-11-17-25-34/h9-17,20-27,30H,7-8,18-19,28-29H2,1-6H3,(H-,41,42,43,44)/p+1/i7D2,8D2,18D2,19D2,26D,27D,28D2,29D2,30D. The third-order valence-corrected chi connectivity index (χ3v) is 9.75. The van der Waals surface area contributed by atoms with Gasteiger partial charge in [-0.05, 0) is 116 Å². The van der Waals surface area contributed by atoms with E-state index in [2.05, 4.69) is 10.6 Å². The van der Waals surface area contributed by atoms with Crippen molar-refractivity contribution in [1.82, 2.24) is 0 Å². The molecular formula is C40H50N2O5P+. The van der Waals surface area contributed by atoms with Gasteiger partial charge in [0.05, 0.1) is 33.6 Å². The van der Waals surface area contributed by atoms with Crippen molar-refractivity contribution in [2.75, 3.05) is 23.3 Å². The minimum atomic E-state index is -4.37. The second-order valence-corrected chi connectivity index (χ2v) is 15.3. The van der Waals surface area contributed by atoms with Crippen LogP contribution in [0.2, 0.25) is 0 Å². The highest BCUT2D eigenvalue weighted by molar-refractivity contribution is 7.95. The Kier molecular flexibility index (Phi) is 7.25. The maximum Gasteiger partial charge on any atom is 0.412 e. The first-order chi connectivity index (χ1) is 28.6. The average Bonchev–Trinajstić information content (AvgIpc) is 3.16. The lowest BCUT2D eigenvalue weighted by Crippen LogP contribution is -2.33. The Morgan fingerprint density at radius 3 is 1.54 bits per heavy atom. The van der Waals surface area contributed by atoms with E-state index < -0.39 is 104 Å². The Hall–Kier alpha value is -4.35. The van der Waals surface area contributed by atoms with Gasteiger partial charge < -0.3 is 14.2 Å². The van der Waals surface area contributed by atoms with Crippen molar-refractivity contribution in [3.63, 3.8) is 0 Å². The Labute approximate surface area is 307 Å². The summed E-state index contributed by atoms with van der Waals surface area (Å²) in [5.41, 5.74) is -3.75. The molecule has 2 amide bonds. The van der Waals surface area contributed by atoms with Crippen molar-refractivity contribution in [3.8, 4) is 5.75 Å². The van der Waals surface area contributed by atoms with E-state index in [1.54, 1.807) is 54.6 Å². The molecular weight excluding hydrogens is 619 g/mol. The molecule has 0 aromatic heterocycles. The third kappa shape index (κ3) is 10.8.